The van der Waals surface area contributed by atoms with Gasteiger partial charge in [0.1, 0.15) is 0 Å². The molecule has 0 aromatic rings. The molecule has 0 radical (unpaired) electrons. The van der Waals surface area contributed by atoms with E-state index in [9.17, 15) is 0 Å². The van der Waals surface area contributed by atoms with Gasteiger partial charge in [-0.1, -0.05) is 19.8 Å². The van der Waals surface area contributed by atoms with Crippen molar-refractivity contribution in [2.75, 3.05) is 19.6 Å². The summed E-state index contributed by atoms with van der Waals surface area (Å²) in [6, 6.07) is 0.907. The summed E-state index contributed by atoms with van der Waals surface area (Å²) in [7, 11) is 0. The summed E-state index contributed by atoms with van der Waals surface area (Å²) in [6.45, 7) is 5.67. The molecule has 0 unspecified atom stereocenters. The standard InChI is InChI=1S/C12H24N2/c1-2-14(11-5-6-11)10-12(9-13)7-3-4-8-12/h11H,2-10,13H2,1H3. The normalized spacial score (nSPS) is 25.9. The van der Waals surface area contributed by atoms with E-state index in [0.717, 1.165) is 12.6 Å². The van der Waals surface area contributed by atoms with Crippen LogP contribution in [-0.4, -0.2) is 30.6 Å². The fourth-order valence-electron chi connectivity index (χ4n) is 2.92. The summed E-state index contributed by atoms with van der Waals surface area (Å²) >= 11 is 0. The molecule has 0 spiro atoms. The molecule has 0 amide bonds. The molecule has 14 heavy (non-hydrogen) atoms. The van der Waals surface area contributed by atoms with Crippen molar-refractivity contribution in [3.05, 3.63) is 0 Å². The molecule has 0 aliphatic heterocycles. The van der Waals surface area contributed by atoms with Crippen LogP contribution < -0.4 is 5.73 Å². The van der Waals surface area contributed by atoms with Crippen molar-refractivity contribution in [2.45, 2.75) is 51.5 Å². The Morgan fingerprint density at radius 2 is 1.93 bits per heavy atom. The lowest BCUT2D eigenvalue weighted by Crippen LogP contribution is -2.41. The summed E-state index contributed by atoms with van der Waals surface area (Å²) < 4.78 is 0. The largest absolute Gasteiger partial charge is 0.330 e. The molecule has 2 heteroatoms. The molecule has 0 aromatic heterocycles. The maximum absolute atomic E-state index is 5.97. The Balaban J connectivity index is 1.91. The highest BCUT2D eigenvalue weighted by Gasteiger charge is 2.37. The van der Waals surface area contributed by atoms with Crippen LogP contribution in [0, 0.1) is 5.41 Å². The third-order valence-electron chi connectivity index (χ3n) is 4.11. The quantitative estimate of drug-likeness (QED) is 0.728. The van der Waals surface area contributed by atoms with Crippen LogP contribution in [-0.2, 0) is 0 Å². The molecular formula is C12H24N2. The lowest BCUT2D eigenvalue weighted by molar-refractivity contribution is 0.157. The zero-order valence-electron chi connectivity index (χ0n) is 9.47. The third kappa shape index (κ3) is 2.12. The van der Waals surface area contributed by atoms with Gasteiger partial charge >= 0.3 is 0 Å². The first-order valence-electron chi connectivity index (χ1n) is 6.24. The van der Waals surface area contributed by atoms with Gasteiger partial charge in [-0.3, -0.25) is 0 Å². The maximum atomic E-state index is 5.97. The Morgan fingerprint density at radius 1 is 1.29 bits per heavy atom. The summed E-state index contributed by atoms with van der Waals surface area (Å²) in [5.41, 5.74) is 6.45. The fraction of sp³-hybridized carbons (Fsp3) is 1.00. The first kappa shape index (κ1) is 10.4. The molecule has 2 fully saturated rings. The minimum atomic E-state index is 0.485. The molecule has 2 N–H and O–H groups in total. The van der Waals surface area contributed by atoms with Crippen molar-refractivity contribution in [1.29, 1.82) is 0 Å². The van der Waals surface area contributed by atoms with Crippen LogP contribution in [0.4, 0.5) is 0 Å². The Kier molecular flexibility index (Phi) is 3.13. The molecule has 0 atom stereocenters. The number of rotatable bonds is 5. The Labute approximate surface area is 87.8 Å². The Hall–Kier alpha value is -0.0800. The average molecular weight is 196 g/mol. The van der Waals surface area contributed by atoms with Gasteiger partial charge in [-0.25, -0.2) is 0 Å². The van der Waals surface area contributed by atoms with Crippen LogP contribution in [0.3, 0.4) is 0 Å². The van der Waals surface area contributed by atoms with Crippen LogP contribution in [0.1, 0.15) is 45.4 Å². The molecule has 82 valence electrons. The SMILES string of the molecule is CCN(CC1(CN)CCCC1)C1CC1. The molecule has 0 aromatic carbocycles. The van der Waals surface area contributed by atoms with Gasteiger partial charge in [-0.2, -0.15) is 0 Å². The molecule has 0 bridgehead atoms. The fourth-order valence-corrected chi connectivity index (χ4v) is 2.92. The average Bonchev–Trinajstić information content (AvgIpc) is 2.96. The molecule has 0 saturated heterocycles. The number of nitrogens with zero attached hydrogens (tertiary/aromatic N) is 1. The monoisotopic (exact) mass is 196 g/mol. The van der Waals surface area contributed by atoms with E-state index in [1.807, 2.05) is 0 Å². The summed E-state index contributed by atoms with van der Waals surface area (Å²) in [5.74, 6) is 0. The predicted octanol–water partition coefficient (Wildman–Crippen LogP) is 1.99. The van der Waals surface area contributed by atoms with Gasteiger partial charge in [0, 0.05) is 12.6 Å². The van der Waals surface area contributed by atoms with Crippen LogP contribution in [0.25, 0.3) is 0 Å². The first-order chi connectivity index (χ1) is 6.79. The maximum Gasteiger partial charge on any atom is 0.00965 e. The Morgan fingerprint density at radius 3 is 2.36 bits per heavy atom. The van der Waals surface area contributed by atoms with Crippen LogP contribution >= 0.6 is 0 Å². The lowest BCUT2D eigenvalue weighted by atomic mass is 9.85. The van der Waals surface area contributed by atoms with E-state index in [0.29, 0.717) is 5.41 Å². The second kappa shape index (κ2) is 4.19. The molecule has 2 nitrogen and oxygen atoms in total. The minimum Gasteiger partial charge on any atom is -0.330 e. The van der Waals surface area contributed by atoms with Crippen molar-refractivity contribution < 1.29 is 0 Å². The first-order valence-corrected chi connectivity index (χ1v) is 6.24. The smallest absolute Gasteiger partial charge is 0.00965 e. The van der Waals surface area contributed by atoms with Gasteiger partial charge in [0.25, 0.3) is 0 Å². The van der Waals surface area contributed by atoms with Crippen LogP contribution in [0.5, 0.6) is 0 Å². The van der Waals surface area contributed by atoms with E-state index >= 15 is 0 Å². The van der Waals surface area contributed by atoms with E-state index in [2.05, 4.69) is 11.8 Å². The van der Waals surface area contributed by atoms with Crippen LogP contribution in [0.2, 0.25) is 0 Å². The zero-order chi connectivity index (χ0) is 10.0. The number of hydrogen-bond acceptors (Lipinski definition) is 2. The highest BCUT2D eigenvalue weighted by Crippen LogP contribution is 2.40. The topological polar surface area (TPSA) is 29.3 Å². The highest BCUT2D eigenvalue weighted by atomic mass is 15.2. The van der Waals surface area contributed by atoms with Crippen molar-refractivity contribution in [3.8, 4) is 0 Å². The summed E-state index contributed by atoms with van der Waals surface area (Å²) in [6.07, 6.45) is 8.39. The second-order valence-corrected chi connectivity index (χ2v) is 5.21. The van der Waals surface area contributed by atoms with Gasteiger partial charge in [0.05, 0.1) is 0 Å². The van der Waals surface area contributed by atoms with Crippen molar-refractivity contribution >= 4 is 0 Å². The van der Waals surface area contributed by atoms with E-state index in [-0.39, 0.29) is 0 Å². The third-order valence-corrected chi connectivity index (χ3v) is 4.11. The molecule has 2 rings (SSSR count). The van der Waals surface area contributed by atoms with E-state index < -0.39 is 0 Å². The zero-order valence-corrected chi connectivity index (χ0v) is 9.47. The number of hydrogen-bond donors (Lipinski definition) is 1. The summed E-state index contributed by atoms with van der Waals surface area (Å²) in [4.78, 5) is 2.66. The van der Waals surface area contributed by atoms with E-state index in [1.54, 1.807) is 0 Å². The molecule has 2 aliphatic carbocycles. The van der Waals surface area contributed by atoms with E-state index in [4.69, 9.17) is 5.73 Å². The number of nitrogens with two attached hydrogens (primary N) is 1. The minimum absolute atomic E-state index is 0.485. The van der Waals surface area contributed by atoms with Gasteiger partial charge in [-0.15, -0.1) is 0 Å². The van der Waals surface area contributed by atoms with Gasteiger partial charge in [-0.05, 0) is 44.2 Å². The van der Waals surface area contributed by atoms with E-state index in [1.165, 1.54) is 51.6 Å². The molecule has 2 saturated carbocycles. The summed E-state index contributed by atoms with van der Waals surface area (Å²) in [5, 5.41) is 0. The van der Waals surface area contributed by atoms with Crippen molar-refractivity contribution in [2.24, 2.45) is 11.1 Å². The highest BCUT2D eigenvalue weighted by molar-refractivity contribution is 4.92. The molecule has 0 heterocycles. The predicted molar refractivity (Wildman–Crippen MR) is 60.2 cm³/mol. The lowest BCUT2D eigenvalue weighted by Gasteiger charge is -2.34. The Bertz CT molecular complexity index is 181. The van der Waals surface area contributed by atoms with Gasteiger partial charge < -0.3 is 10.6 Å². The molecular weight excluding hydrogens is 172 g/mol. The van der Waals surface area contributed by atoms with Crippen LogP contribution in [0.15, 0.2) is 0 Å². The van der Waals surface area contributed by atoms with Crippen molar-refractivity contribution in [1.82, 2.24) is 4.90 Å². The van der Waals surface area contributed by atoms with Crippen molar-refractivity contribution in [3.63, 3.8) is 0 Å². The molecule has 2 aliphatic rings. The second-order valence-electron chi connectivity index (χ2n) is 5.21. The van der Waals surface area contributed by atoms with Gasteiger partial charge in [0.2, 0.25) is 0 Å². The van der Waals surface area contributed by atoms with Gasteiger partial charge in [0.15, 0.2) is 0 Å².